The van der Waals surface area contributed by atoms with Gasteiger partial charge in [-0.2, -0.15) is 0 Å². The fourth-order valence-electron chi connectivity index (χ4n) is 12.3. The first-order chi connectivity index (χ1) is 33.4. The summed E-state index contributed by atoms with van der Waals surface area (Å²) in [6.45, 7) is 16.9. The van der Waals surface area contributed by atoms with Crippen molar-refractivity contribution < 1.29 is 58.5 Å². The van der Waals surface area contributed by atoms with Crippen LogP contribution in [0.15, 0.2) is 96.1 Å². The van der Waals surface area contributed by atoms with Crippen molar-refractivity contribution in [2.75, 3.05) is 35.0 Å². The van der Waals surface area contributed by atoms with Crippen LogP contribution in [0.2, 0.25) is 0 Å². The van der Waals surface area contributed by atoms with Crippen molar-refractivity contribution in [3.8, 4) is 46.0 Å². The highest BCUT2D eigenvalue weighted by molar-refractivity contribution is 6.06. The molecule has 4 aromatic carbocycles. The van der Waals surface area contributed by atoms with Crippen LogP contribution in [-0.4, -0.2) is 73.0 Å². The summed E-state index contributed by atoms with van der Waals surface area (Å²) in [7, 11) is 5.57. The van der Waals surface area contributed by atoms with Gasteiger partial charge in [0.15, 0.2) is 34.6 Å². The van der Waals surface area contributed by atoms with Crippen molar-refractivity contribution in [2.45, 2.75) is 80.1 Å². The van der Waals surface area contributed by atoms with E-state index in [0.29, 0.717) is 30.3 Å². The standard InChI is InChI=1S/2C27H32O5.C4H8O2/c2*1-14(2)17-12-18-15(3)11-19(17)23(22(18)16-9-7-6-8-10-16)25(29)24-21(31-4)13-20(28)27(32-5)26(24)30;1-3-6-4(2)5/h2*6-11,13-14,17-19,22-23,28,30H,12H2,1-5H3;3H2,1-2H3/t2*17-,18+,19+,22+,23+;/m11./s1. The highest BCUT2D eigenvalue weighted by Gasteiger charge is 2.54. The number of allylic oxidation sites excluding steroid dienone is 4. The number of carbonyl (C=O) groups is 3. The van der Waals surface area contributed by atoms with Gasteiger partial charge in [0.2, 0.25) is 11.5 Å². The quantitative estimate of drug-likeness (QED) is 0.0567. The molecule has 0 heterocycles. The van der Waals surface area contributed by atoms with E-state index in [4.69, 9.17) is 18.9 Å². The summed E-state index contributed by atoms with van der Waals surface area (Å²) in [6.07, 6.45) is 6.66. The number of benzene rings is 4. The van der Waals surface area contributed by atoms with Gasteiger partial charge in [-0.1, -0.05) is 112 Å². The fraction of sp³-hybridized carbons (Fsp3) is 0.466. The lowest BCUT2D eigenvalue weighted by Gasteiger charge is -2.52. The second-order valence-electron chi connectivity index (χ2n) is 19.8. The van der Waals surface area contributed by atoms with E-state index in [1.807, 2.05) is 36.4 Å². The van der Waals surface area contributed by atoms with Gasteiger partial charge in [-0.3, -0.25) is 14.4 Å². The maximum absolute atomic E-state index is 14.2. The number of methoxy groups -OCH3 is 4. The molecule has 0 aromatic heterocycles. The van der Waals surface area contributed by atoms with Crippen LogP contribution in [0.5, 0.6) is 46.0 Å². The number of ketones is 2. The summed E-state index contributed by atoms with van der Waals surface area (Å²) in [5.74, 6) is -0.149. The number of esters is 1. The Morgan fingerprint density at radius 2 is 0.943 bits per heavy atom. The molecule has 10 rings (SSSR count). The van der Waals surface area contributed by atoms with E-state index in [1.54, 1.807) is 6.92 Å². The molecule has 0 aliphatic heterocycles. The van der Waals surface area contributed by atoms with Crippen LogP contribution >= 0.6 is 0 Å². The number of phenolic OH excluding ortho intramolecular Hbond substituents is 4. The SMILES string of the molecule is CCOC(C)=O.COc1cc(O)c(OC)c(O)c1C(=O)[C@H]1[C@H]2C=C(C)[C@H](C[C@@H]2C(C)C)[C@@H]1c1ccccc1.COc1cc(O)c(OC)c(O)c1C(=O)[C@H]1[C@H]2C=C(C)[C@H](C[C@@H]2C(C)C)[C@@H]1c1ccccc1. The van der Waals surface area contributed by atoms with Crippen LogP contribution in [0.4, 0.5) is 0 Å². The van der Waals surface area contributed by atoms with Crippen LogP contribution in [0.25, 0.3) is 0 Å². The zero-order valence-electron chi connectivity index (χ0n) is 42.7. The maximum Gasteiger partial charge on any atom is 0.302 e. The Balaban J connectivity index is 0.000000206. The molecule has 2 fully saturated rings. The molecule has 4 aromatic rings. The number of carbonyl (C=O) groups excluding carboxylic acids is 3. The summed E-state index contributed by atoms with van der Waals surface area (Å²) >= 11 is 0. The summed E-state index contributed by atoms with van der Waals surface area (Å²) in [6, 6.07) is 23.1. The summed E-state index contributed by atoms with van der Waals surface area (Å²) in [5.41, 5.74) is 5.11. The first-order valence-electron chi connectivity index (χ1n) is 24.4. The van der Waals surface area contributed by atoms with Gasteiger partial charge < -0.3 is 44.1 Å². The van der Waals surface area contributed by atoms with Crippen molar-refractivity contribution in [3.63, 3.8) is 0 Å². The Morgan fingerprint density at radius 1 is 0.586 bits per heavy atom. The molecular formula is C58H72O12. The molecule has 12 nitrogen and oxygen atoms in total. The molecule has 2 saturated carbocycles. The third-order valence-electron chi connectivity index (χ3n) is 15.4. The Hall–Kier alpha value is -6.43. The molecule has 0 unspecified atom stereocenters. The van der Waals surface area contributed by atoms with Gasteiger partial charge in [-0.05, 0) is 92.1 Å². The maximum atomic E-state index is 14.2. The molecule has 6 aliphatic rings. The van der Waals surface area contributed by atoms with Gasteiger partial charge >= 0.3 is 5.97 Å². The number of rotatable bonds is 13. The van der Waals surface area contributed by atoms with Crippen molar-refractivity contribution in [1.29, 1.82) is 0 Å². The Labute approximate surface area is 413 Å². The lowest BCUT2D eigenvalue weighted by molar-refractivity contribution is -0.140. The fourth-order valence-corrected chi connectivity index (χ4v) is 12.3. The van der Waals surface area contributed by atoms with Gasteiger partial charge in [0.25, 0.3) is 0 Å². The highest BCUT2D eigenvalue weighted by Crippen LogP contribution is 2.61. The first-order valence-corrected chi connectivity index (χ1v) is 24.4. The number of fused-ring (bicyclic) bond motifs is 4. The molecule has 70 heavy (non-hydrogen) atoms. The first kappa shape index (κ1) is 52.9. The van der Waals surface area contributed by atoms with Crippen LogP contribution in [-0.2, 0) is 9.53 Å². The molecule has 0 radical (unpaired) electrons. The Bertz CT molecular complexity index is 2390. The lowest BCUT2D eigenvalue weighted by atomic mass is 9.51. The molecular weight excluding hydrogens is 889 g/mol. The van der Waals surface area contributed by atoms with Gasteiger partial charge in [0.1, 0.15) is 22.6 Å². The lowest BCUT2D eigenvalue weighted by Crippen LogP contribution is -2.47. The van der Waals surface area contributed by atoms with Crippen LogP contribution in [0, 0.1) is 59.2 Å². The van der Waals surface area contributed by atoms with Gasteiger partial charge in [0, 0.05) is 42.7 Å². The van der Waals surface area contributed by atoms with E-state index >= 15 is 0 Å². The van der Waals surface area contributed by atoms with E-state index in [2.05, 4.69) is 82.7 Å². The molecule has 12 heteroatoms. The number of hydrogen-bond donors (Lipinski definition) is 4. The minimum Gasteiger partial charge on any atom is -0.504 e. The van der Waals surface area contributed by atoms with Gasteiger partial charge in [0.05, 0.1) is 35.0 Å². The van der Waals surface area contributed by atoms with Gasteiger partial charge in [-0.25, -0.2) is 0 Å². The number of ether oxygens (including phenoxy) is 5. The molecule has 0 saturated heterocycles. The largest absolute Gasteiger partial charge is 0.504 e. The van der Waals surface area contributed by atoms with E-state index in [0.717, 1.165) is 24.0 Å². The van der Waals surface area contributed by atoms with E-state index in [9.17, 15) is 34.8 Å². The van der Waals surface area contributed by atoms with Crippen molar-refractivity contribution in [3.05, 3.63) is 118 Å². The molecule has 4 bridgehead atoms. The summed E-state index contributed by atoms with van der Waals surface area (Å²) in [4.78, 5) is 38.3. The predicted molar refractivity (Wildman–Crippen MR) is 269 cm³/mol. The van der Waals surface area contributed by atoms with Gasteiger partial charge in [-0.15, -0.1) is 0 Å². The van der Waals surface area contributed by atoms with E-state index in [1.165, 1.54) is 58.6 Å². The topological polar surface area (TPSA) is 178 Å². The number of hydrogen-bond acceptors (Lipinski definition) is 12. The summed E-state index contributed by atoms with van der Waals surface area (Å²) in [5, 5.41) is 42.3. The monoisotopic (exact) mass is 961 g/mol. The molecule has 10 atom stereocenters. The Morgan fingerprint density at radius 3 is 1.21 bits per heavy atom. The number of Topliss-reactive ketones (excluding diaryl/α,β-unsaturated/α-hetero) is 2. The molecule has 4 N–H and O–H groups in total. The minimum atomic E-state index is -0.371. The normalized spacial score (nSPS) is 25.1. The molecule has 6 aliphatic carbocycles. The van der Waals surface area contributed by atoms with Crippen molar-refractivity contribution >= 4 is 17.5 Å². The third-order valence-corrected chi connectivity index (χ3v) is 15.4. The summed E-state index contributed by atoms with van der Waals surface area (Å²) < 4.78 is 25.6. The average Bonchev–Trinajstić information content (AvgIpc) is 3.33. The molecule has 376 valence electrons. The molecule has 0 spiro atoms. The van der Waals surface area contributed by atoms with Crippen LogP contribution < -0.4 is 18.9 Å². The molecule has 0 amide bonds. The Kier molecular flexibility index (Phi) is 17.0. The number of phenols is 4. The highest BCUT2D eigenvalue weighted by atomic mass is 16.5. The zero-order chi connectivity index (χ0) is 51.3. The second kappa shape index (κ2) is 22.5. The number of aromatic hydroxyl groups is 4. The van der Waals surface area contributed by atoms with E-state index < -0.39 is 0 Å². The van der Waals surface area contributed by atoms with Crippen molar-refractivity contribution in [2.24, 2.45) is 59.2 Å². The third kappa shape index (κ3) is 10.2. The predicted octanol–water partition coefficient (Wildman–Crippen LogP) is 11.7. The van der Waals surface area contributed by atoms with Crippen LogP contribution in [0.3, 0.4) is 0 Å². The average molecular weight is 961 g/mol. The van der Waals surface area contributed by atoms with Crippen LogP contribution in [0.1, 0.15) is 112 Å². The minimum absolute atomic E-state index is 0.0117. The second-order valence-corrected chi connectivity index (χ2v) is 19.8. The zero-order valence-corrected chi connectivity index (χ0v) is 42.7. The van der Waals surface area contributed by atoms with Crippen molar-refractivity contribution in [1.82, 2.24) is 0 Å². The van der Waals surface area contributed by atoms with E-state index in [-0.39, 0.29) is 122 Å². The smallest absolute Gasteiger partial charge is 0.302 e.